The molecule has 0 saturated carbocycles. The molecular formula is C26H28N2O3S. The Bertz CT molecular complexity index is 1060. The first kappa shape index (κ1) is 22.2. The molecule has 0 N–H and O–H groups in total. The van der Waals surface area contributed by atoms with E-state index < -0.39 is 0 Å². The maximum Gasteiger partial charge on any atom is 0.254 e. The summed E-state index contributed by atoms with van der Waals surface area (Å²) in [5, 5.41) is 2.10. The first-order chi connectivity index (χ1) is 15.6. The molecule has 0 saturated heterocycles. The Balaban J connectivity index is 1.60. The zero-order chi connectivity index (χ0) is 22.5. The van der Waals surface area contributed by atoms with Crippen LogP contribution in [0.25, 0.3) is 0 Å². The van der Waals surface area contributed by atoms with Gasteiger partial charge in [-0.1, -0.05) is 48.0 Å². The molecule has 0 radical (unpaired) electrons. The lowest BCUT2D eigenvalue weighted by atomic mass is 9.92. The monoisotopic (exact) mass is 448 g/mol. The van der Waals surface area contributed by atoms with E-state index in [0.29, 0.717) is 25.3 Å². The predicted molar refractivity (Wildman–Crippen MR) is 127 cm³/mol. The van der Waals surface area contributed by atoms with Gasteiger partial charge < -0.3 is 14.5 Å². The van der Waals surface area contributed by atoms with E-state index in [-0.39, 0.29) is 24.4 Å². The second-order valence-electron chi connectivity index (χ2n) is 8.04. The van der Waals surface area contributed by atoms with Gasteiger partial charge in [0, 0.05) is 30.6 Å². The van der Waals surface area contributed by atoms with Crippen molar-refractivity contribution in [3.63, 3.8) is 0 Å². The molecule has 2 heterocycles. The standard InChI is InChI=1S/C26H28N2O3S/c1-19-8-10-20(11-9-19)25-22-13-17-32-23(22)12-14-28(25)24(29)18-27(15-16-31-2)26(30)21-6-4-3-5-7-21/h3-11,13,17,25H,12,14-16,18H2,1-2H3. The van der Waals surface area contributed by atoms with E-state index in [1.165, 1.54) is 16.0 Å². The maximum absolute atomic E-state index is 13.6. The Hall–Kier alpha value is -2.96. The molecule has 2 aromatic carbocycles. The molecule has 1 aliphatic heterocycles. The third-order valence-corrected chi connectivity index (χ3v) is 6.88. The lowest BCUT2D eigenvalue weighted by Gasteiger charge is -2.37. The summed E-state index contributed by atoms with van der Waals surface area (Å²) in [6.07, 6.45) is 0.839. The second kappa shape index (κ2) is 10.1. The summed E-state index contributed by atoms with van der Waals surface area (Å²) < 4.78 is 5.21. The van der Waals surface area contributed by atoms with Gasteiger partial charge in [0.05, 0.1) is 12.6 Å². The van der Waals surface area contributed by atoms with E-state index in [9.17, 15) is 9.59 Å². The van der Waals surface area contributed by atoms with Crippen LogP contribution in [0.1, 0.15) is 38.0 Å². The summed E-state index contributed by atoms with van der Waals surface area (Å²) in [5.41, 5.74) is 4.05. The molecule has 3 aromatic rings. The molecule has 32 heavy (non-hydrogen) atoms. The number of rotatable bonds is 7. The average Bonchev–Trinajstić information content (AvgIpc) is 3.30. The van der Waals surface area contributed by atoms with Crippen molar-refractivity contribution in [2.75, 3.05) is 33.4 Å². The van der Waals surface area contributed by atoms with Crippen LogP contribution in [0, 0.1) is 6.92 Å². The highest BCUT2D eigenvalue weighted by molar-refractivity contribution is 7.10. The Kier molecular flexibility index (Phi) is 7.02. The Labute approximate surface area is 193 Å². The Morgan fingerprint density at radius 3 is 2.56 bits per heavy atom. The molecule has 1 aromatic heterocycles. The third kappa shape index (κ3) is 4.76. The number of nitrogens with zero attached hydrogens (tertiary/aromatic N) is 2. The molecule has 2 amide bonds. The second-order valence-corrected chi connectivity index (χ2v) is 9.04. The minimum atomic E-state index is -0.156. The van der Waals surface area contributed by atoms with Crippen molar-refractivity contribution < 1.29 is 14.3 Å². The predicted octanol–water partition coefficient (Wildman–Crippen LogP) is 4.32. The van der Waals surface area contributed by atoms with Gasteiger partial charge in [-0.15, -0.1) is 11.3 Å². The smallest absolute Gasteiger partial charge is 0.254 e. The van der Waals surface area contributed by atoms with Crippen molar-refractivity contribution in [2.45, 2.75) is 19.4 Å². The van der Waals surface area contributed by atoms with Gasteiger partial charge in [0.1, 0.15) is 6.54 Å². The largest absolute Gasteiger partial charge is 0.383 e. The SMILES string of the molecule is COCCN(CC(=O)N1CCc2sccc2C1c1ccc(C)cc1)C(=O)c1ccccc1. The topological polar surface area (TPSA) is 49.9 Å². The zero-order valence-corrected chi connectivity index (χ0v) is 19.3. The lowest BCUT2D eigenvalue weighted by molar-refractivity contribution is -0.134. The van der Waals surface area contributed by atoms with Crippen molar-refractivity contribution in [1.29, 1.82) is 0 Å². The quantitative estimate of drug-likeness (QED) is 0.541. The molecule has 5 nitrogen and oxygen atoms in total. The van der Waals surface area contributed by atoms with Gasteiger partial charge >= 0.3 is 0 Å². The number of fused-ring (bicyclic) bond motifs is 1. The number of benzene rings is 2. The van der Waals surface area contributed by atoms with Crippen molar-refractivity contribution in [3.05, 3.63) is 93.2 Å². The highest BCUT2D eigenvalue weighted by atomic mass is 32.1. The van der Waals surface area contributed by atoms with Crippen LogP contribution >= 0.6 is 11.3 Å². The van der Waals surface area contributed by atoms with Gasteiger partial charge in [0.25, 0.3) is 5.91 Å². The van der Waals surface area contributed by atoms with Gasteiger partial charge in [0.15, 0.2) is 0 Å². The van der Waals surface area contributed by atoms with E-state index in [1.807, 2.05) is 23.1 Å². The summed E-state index contributed by atoms with van der Waals surface area (Å²) >= 11 is 1.75. The number of thiophene rings is 1. The summed E-state index contributed by atoms with van der Waals surface area (Å²) in [4.78, 5) is 31.6. The summed E-state index contributed by atoms with van der Waals surface area (Å²) in [5.74, 6) is -0.205. The van der Waals surface area contributed by atoms with Crippen LogP contribution in [0.4, 0.5) is 0 Å². The number of aryl methyl sites for hydroxylation is 1. The summed E-state index contributed by atoms with van der Waals surface area (Å²) in [7, 11) is 1.60. The van der Waals surface area contributed by atoms with Crippen molar-refractivity contribution in [2.24, 2.45) is 0 Å². The molecule has 4 rings (SSSR count). The molecule has 166 valence electrons. The van der Waals surface area contributed by atoms with E-state index in [1.54, 1.807) is 35.5 Å². The fraction of sp³-hybridized carbons (Fsp3) is 0.308. The van der Waals surface area contributed by atoms with E-state index in [2.05, 4.69) is 42.6 Å². The van der Waals surface area contributed by atoms with Crippen LogP contribution < -0.4 is 0 Å². The van der Waals surface area contributed by atoms with Gasteiger partial charge in [-0.3, -0.25) is 9.59 Å². The van der Waals surface area contributed by atoms with Crippen LogP contribution in [0.2, 0.25) is 0 Å². The van der Waals surface area contributed by atoms with E-state index in [4.69, 9.17) is 4.74 Å². The Morgan fingerprint density at radius 2 is 1.84 bits per heavy atom. The van der Waals surface area contributed by atoms with Gasteiger partial charge in [0.2, 0.25) is 5.91 Å². The molecular weight excluding hydrogens is 420 g/mol. The van der Waals surface area contributed by atoms with Gasteiger partial charge in [-0.25, -0.2) is 0 Å². The van der Waals surface area contributed by atoms with Crippen LogP contribution in [-0.4, -0.2) is 55.0 Å². The Morgan fingerprint density at radius 1 is 1.09 bits per heavy atom. The van der Waals surface area contributed by atoms with Crippen molar-refractivity contribution in [1.82, 2.24) is 9.80 Å². The molecule has 0 bridgehead atoms. The maximum atomic E-state index is 13.6. The van der Waals surface area contributed by atoms with Crippen molar-refractivity contribution in [3.8, 4) is 0 Å². The highest BCUT2D eigenvalue weighted by Gasteiger charge is 2.34. The normalized spacial score (nSPS) is 15.3. The van der Waals surface area contributed by atoms with E-state index in [0.717, 1.165) is 12.0 Å². The number of ether oxygens (including phenoxy) is 1. The lowest BCUT2D eigenvalue weighted by Crippen LogP contribution is -2.47. The first-order valence-electron chi connectivity index (χ1n) is 10.8. The van der Waals surface area contributed by atoms with Crippen molar-refractivity contribution >= 4 is 23.2 Å². The van der Waals surface area contributed by atoms with Crippen LogP contribution in [0.3, 0.4) is 0 Å². The highest BCUT2D eigenvalue weighted by Crippen LogP contribution is 2.38. The zero-order valence-electron chi connectivity index (χ0n) is 18.5. The third-order valence-electron chi connectivity index (χ3n) is 5.88. The fourth-order valence-electron chi connectivity index (χ4n) is 4.16. The van der Waals surface area contributed by atoms with E-state index >= 15 is 0 Å². The van der Waals surface area contributed by atoms with Gasteiger partial charge in [-0.2, -0.15) is 0 Å². The average molecular weight is 449 g/mol. The van der Waals surface area contributed by atoms with Crippen LogP contribution in [0.5, 0.6) is 0 Å². The molecule has 1 aliphatic rings. The molecule has 1 atom stereocenters. The molecule has 0 aliphatic carbocycles. The number of amides is 2. The minimum absolute atomic E-state index is 0.0267. The molecule has 6 heteroatoms. The van der Waals surface area contributed by atoms with Gasteiger partial charge in [-0.05, 0) is 48.1 Å². The minimum Gasteiger partial charge on any atom is -0.383 e. The first-order valence-corrected chi connectivity index (χ1v) is 11.7. The summed E-state index contributed by atoms with van der Waals surface area (Å²) in [6.45, 7) is 3.47. The number of hydrogen-bond acceptors (Lipinski definition) is 4. The van der Waals surface area contributed by atoms with Crippen LogP contribution in [-0.2, 0) is 16.0 Å². The number of hydrogen-bond donors (Lipinski definition) is 0. The number of carbonyl (C=O) groups excluding carboxylic acids is 2. The molecule has 0 spiro atoms. The van der Waals surface area contributed by atoms with Crippen LogP contribution in [0.15, 0.2) is 66.0 Å². The molecule has 1 unspecified atom stereocenters. The molecule has 0 fully saturated rings. The fourth-order valence-corrected chi connectivity index (χ4v) is 5.07. The summed E-state index contributed by atoms with van der Waals surface area (Å²) in [6, 6.07) is 19.5. The number of methoxy groups -OCH3 is 1. The number of carbonyl (C=O) groups is 2.